The summed E-state index contributed by atoms with van der Waals surface area (Å²) in [4.78, 5) is 31.4. The maximum absolute atomic E-state index is 12.8. The monoisotopic (exact) mass is 367 g/mol. The number of hydrogen-bond donors (Lipinski definition) is 1. The largest absolute Gasteiger partial charge is 0.387 e. The normalized spacial score (nSPS) is 15.4. The van der Waals surface area contributed by atoms with Crippen LogP contribution in [0, 0.1) is 0 Å². The van der Waals surface area contributed by atoms with Gasteiger partial charge in [0, 0.05) is 13.1 Å². The van der Waals surface area contributed by atoms with Crippen molar-refractivity contribution >= 4 is 16.8 Å². The van der Waals surface area contributed by atoms with Crippen LogP contribution in [0.5, 0.6) is 0 Å². The number of para-hydroxylation sites is 1. The Bertz CT molecular complexity index is 1050. The molecule has 8 nitrogen and oxygen atoms in total. The van der Waals surface area contributed by atoms with Crippen LogP contribution < -0.4 is 5.56 Å². The standard InChI is InChI=1S/C19H21N5O3/c1-13(25)17-9-14-10-22(7-4-8-24(14)21-17)18(26)11-23-12-20-16-6-3-2-5-15(16)19(23)27/h2-3,5-6,9,12-13,25H,4,7-8,10-11H2,1H3. The highest BCUT2D eigenvalue weighted by molar-refractivity contribution is 5.79. The van der Waals surface area contributed by atoms with Crippen molar-refractivity contribution in [1.82, 2.24) is 24.2 Å². The van der Waals surface area contributed by atoms with Gasteiger partial charge in [-0.05, 0) is 31.5 Å². The molecule has 0 bridgehead atoms. The molecule has 1 N–H and O–H groups in total. The molecule has 1 aliphatic rings. The maximum atomic E-state index is 12.8. The van der Waals surface area contributed by atoms with Gasteiger partial charge < -0.3 is 10.0 Å². The molecule has 0 spiro atoms. The smallest absolute Gasteiger partial charge is 0.261 e. The molecule has 4 rings (SSSR count). The molecule has 3 aromatic rings. The van der Waals surface area contributed by atoms with E-state index in [-0.39, 0.29) is 18.0 Å². The van der Waals surface area contributed by atoms with E-state index in [9.17, 15) is 14.7 Å². The van der Waals surface area contributed by atoms with Gasteiger partial charge in [0.05, 0.1) is 41.3 Å². The quantitative estimate of drug-likeness (QED) is 0.748. The predicted molar refractivity (Wildman–Crippen MR) is 98.9 cm³/mol. The molecular weight excluding hydrogens is 346 g/mol. The van der Waals surface area contributed by atoms with Gasteiger partial charge in [0.1, 0.15) is 6.54 Å². The first-order valence-electron chi connectivity index (χ1n) is 8.99. The topological polar surface area (TPSA) is 93.2 Å². The average molecular weight is 367 g/mol. The molecule has 0 aliphatic carbocycles. The van der Waals surface area contributed by atoms with Crippen molar-refractivity contribution in [2.24, 2.45) is 0 Å². The first kappa shape index (κ1) is 17.4. The number of fused-ring (bicyclic) bond motifs is 2. The van der Waals surface area contributed by atoms with Crippen molar-refractivity contribution in [3.8, 4) is 0 Å². The van der Waals surface area contributed by atoms with Crippen LogP contribution in [0.1, 0.15) is 30.8 Å². The Morgan fingerprint density at radius 1 is 1.30 bits per heavy atom. The van der Waals surface area contributed by atoms with E-state index in [2.05, 4.69) is 10.1 Å². The van der Waals surface area contributed by atoms with E-state index < -0.39 is 6.10 Å². The van der Waals surface area contributed by atoms with Gasteiger partial charge in [-0.15, -0.1) is 0 Å². The first-order valence-corrected chi connectivity index (χ1v) is 8.99. The van der Waals surface area contributed by atoms with Gasteiger partial charge in [0.25, 0.3) is 5.56 Å². The Morgan fingerprint density at radius 3 is 2.93 bits per heavy atom. The van der Waals surface area contributed by atoms with Crippen LogP contribution in [0.25, 0.3) is 10.9 Å². The number of aliphatic hydroxyl groups is 1. The minimum atomic E-state index is -0.643. The summed E-state index contributed by atoms with van der Waals surface area (Å²) >= 11 is 0. The third-order valence-electron chi connectivity index (χ3n) is 4.85. The summed E-state index contributed by atoms with van der Waals surface area (Å²) in [5.41, 5.74) is 1.90. The molecule has 1 atom stereocenters. The van der Waals surface area contributed by atoms with E-state index in [4.69, 9.17) is 0 Å². The molecule has 1 aromatic carbocycles. The Hall–Kier alpha value is -3.00. The van der Waals surface area contributed by atoms with E-state index >= 15 is 0 Å². The van der Waals surface area contributed by atoms with Crippen LogP contribution in [-0.4, -0.2) is 41.8 Å². The zero-order chi connectivity index (χ0) is 19.0. The lowest BCUT2D eigenvalue weighted by molar-refractivity contribution is -0.132. The number of aliphatic hydroxyl groups excluding tert-OH is 1. The Labute approximate surface area is 155 Å². The van der Waals surface area contributed by atoms with E-state index in [1.54, 1.807) is 30.0 Å². The number of benzene rings is 1. The fraction of sp³-hybridized carbons (Fsp3) is 0.368. The summed E-state index contributed by atoms with van der Waals surface area (Å²) in [5, 5.41) is 14.6. The molecule has 3 heterocycles. The zero-order valence-corrected chi connectivity index (χ0v) is 15.1. The lowest BCUT2D eigenvalue weighted by atomic mass is 10.2. The third-order valence-corrected chi connectivity index (χ3v) is 4.85. The van der Waals surface area contributed by atoms with Gasteiger partial charge in [-0.1, -0.05) is 12.1 Å². The Kier molecular flexibility index (Phi) is 4.49. The number of amides is 1. The molecular formula is C19H21N5O3. The third kappa shape index (κ3) is 3.35. The molecule has 2 aromatic heterocycles. The lowest BCUT2D eigenvalue weighted by Gasteiger charge is -2.20. The van der Waals surface area contributed by atoms with Gasteiger partial charge in [0.15, 0.2) is 0 Å². The van der Waals surface area contributed by atoms with Crippen molar-refractivity contribution in [2.45, 2.75) is 39.1 Å². The first-order chi connectivity index (χ1) is 13.0. The number of hydrogen-bond acceptors (Lipinski definition) is 5. The molecule has 27 heavy (non-hydrogen) atoms. The fourth-order valence-electron chi connectivity index (χ4n) is 3.37. The van der Waals surface area contributed by atoms with Crippen LogP contribution in [0.2, 0.25) is 0 Å². The van der Waals surface area contributed by atoms with Crippen LogP contribution >= 0.6 is 0 Å². The summed E-state index contributed by atoms with van der Waals surface area (Å²) in [5.74, 6) is -0.137. The van der Waals surface area contributed by atoms with E-state index in [1.165, 1.54) is 10.9 Å². The predicted octanol–water partition coefficient (Wildman–Crippen LogP) is 1.08. The van der Waals surface area contributed by atoms with Crippen molar-refractivity contribution < 1.29 is 9.90 Å². The highest BCUT2D eigenvalue weighted by Crippen LogP contribution is 2.18. The van der Waals surface area contributed by atoms with Crippen molar-refractivity contribution in [3.63, 3.8) is 0 Å². The summed E-state index contributed by atoms with van der Waals surface area (Å²) in [7, 11) is 0. The summed E-state index contributed by atoms with van der Waals surface area (Å²) in [6, 6.07) is 8.94. The molecule has 1 unspecified atom stereocenters. The minimum Gasteiger partial charge on any atom is -0.387 e. The van der Waals surface area contributed by atoms with Gasteiger partial charge >= 0.3 is 0 Å². The van der Waals surface area contributed by atoms with Crippen molar-refractivity contribution in [1.29, 1.82) is 0 Å². The van der Waals surface area contributed by atoms with Crippen molar-refractivity contribution in [2.75, 3.05) is 6.54 Å². The Balaban J connectivity index is 1.56. The number of aromatic nitrogens is 4. The van der Waals surface area contributed by atoms with E-state index in [1.807, 2.05) is 16.8 Å². The molecule has 0 saturated carbocycles. The minimum absolute atomic E-state index is 0.0476. The highest BCUT2D eigenvalue weighted by atomic mass is 16.3. The molecule has 1 aliphatic heterocycles. The summed E-state index contributed by atoms with van der Waals surface area (Å²) < 4.78 is 3.20. The Morgan fingerprint density at radius 2 is 2.11 bits per heavy atom. The zero-order valence-electron chi connectivity index (χ0n) is 15.1. The van der Waals surface area contributed by atoms with E-state index in [0.717, 1.165) is 12.1 Å². The van der Waals surface area contributed by atoms with Gasteiger partial charge in [-0.25, -0.2) is 4.98 Å². The number of nitrogens with zero attached hydrogens (tertiary/aromatic N) is 5. The molecule has 140 valence electrons. The number of carbonyl (C=O) groups excluding carboxylic acids is 1. The molecule has 0 saturated heterocycles. The molecule has 0 fully saturated rings. The van der Waals surface area contributed by atoms with Crippen LogP contribution in [-0.2, 0) is 24.4 Å². The second-order valence-corrected chi connectivity index (χ2v) is 6.82. The number of rotatable bonds is 3. The average Bonchev–Trinajstić information content (AvgIpc) is 2.96. The van der Waals surface area contributed by atoms with Gasteiger partial charge in [-0.2, -0.15) is 5.10 Å². The summed E-state index contributed by atoms with van der Waals surface area (Å²) in [6.07, 6.45) is 1.55. The SMILES string of the molecule is CC(O)c1cc2n(n1)CCCN(C(=O)Cn1cnc3ccccc3c1=O)C2. The number of carbonyl (C=O) groups is 1. The van der Waals surface area contributed by atoms with Crippen LogP contribution in [0.15, 0.2) is 41.5 Å². The fourth-order valence-corrected chi connectivity index (χ4v) is 3.37. The highest BCUT2D eigenvalue weighted by Gasteiger charge is 2.22. The molecule has 0 radical (unpaired) electrons. The van der Waals surface area contributed by atoms with Gasteiger partial charge in [0.2, 0.25) is 5.91 Å². The maximum Gasteiger partial charge on any atom is 0.261 e. The number of aryl methyl sites for hydroxylation is 1. The van der Waals surface area contributed by atoms with Crippen LogP contribution in [0.4, 0.5) is 0 Å². The van der Waals surface area contributed by atoms with Gasteiger partial charge in [-0.3, -0.25) is 18.8 Å². The molecule has 1 amide bonds. The van der Waals surface area contributed by atoms with Crippen molar-refractivity contribution in [3.05, 3.63) is 58.4 Å². The molecule has 8 heteroatoms. The van der Waals surface area contributed by atoms with E-state index in [0.29, 0.717) is 36.2 Å². The van der Waals surface area contributed by atoms with Crippen LogP contribution in [0.3, 0.4) is 0 Å². The second kappa shape index (κ2) is 6.96. The lowest BCUT2D eigenvalue weighted by Crippen LogP contribution is -2.36. The second-order valence-electron chi connectivity index (χ2n) is 6.82. The summed E-state index contributed by atoms with van der Waals surface area (Å²) in [6.45, 7) is 3.33.